The van der Waals surface area contributed by atoms with Gasteiger partial charge in [0.15, 0.2) is 0 Å². The summed E-state index contributed by atoms with van der Waals surface area (Å²) in [6.45, 7) is 14.3. The number of benzene rings is 1. The molecule has 3 saturated heterocycles. The minimum absolute atomic E-state index is 0.194. The van der Waals surface area contributed by atoms with Crippen LogP contribution in [-0.4, -0.2) is 81.6 Å². The molecule has 156 valence electrons. The van der Waals surface area contributed by atoms with Crippen molar-refractivity contribution < 1.29 is 14.2 Å². The Hall–Kier alpha value is -1.14. The Balaban J connectivity index is 1.36. The number of rotatable bonds is 7. The van der Waals surface area contributed by atoms with Crippen LogP contribution in [0, 0.1) is 5.92 Å². The molecule has 0 atom stereocenters. The van der Waals surface area contributed by atoms with Crippen molar-refractivity contribution in [3.63, 3.8) is 0 Å². The Morgan fingerprint density at radius 2 is 1.64 bits per heavy atom. The zero-order chi connectivity index (χ0) is 19.4. The fourth-order valence-corrected chi connectivity index (χ4v) is 4.74. The van der Waals surface area contributed by atoms with Gasteiger partial charge in [-0.25, -0.2) is 0 Å². The van der Waals surface area contributed by atoms with E-state index in [1.54, 1.807) is 0 Å². The lowest BCUT2D eigenvalue weighted by Gasteiger charge is -2.42. The molecular formula is C23H36N2O3. The van der Waals surface area contributed by atoms with Gasteiger partial charge in [0, 0.05) is 63.3 Å². The third-order valence-electron chi connectivity index (χ3n) is 6.75. The van der Waals surface area contributed by atoms with E-state index < -0.39 is 0 Å². The monoisotopic (exact) mass is 388 g/mol. The zero-order valence-corrected chi connectivity index (χ0v) is 17.6. The molecule has 0 radical (unpaired) electrons. The van der Waals surface area contributed by atoms with E-state index in [9.17, 15) is 0 Å². The number of morpholine rings is 1. The SMILES string of the molecule is CC(C)N1CC(COc2ccc(C3(CN4CCOCC4)CCOCC3)cc2)C1. The van der Waals surface area contributed by atoms with Gasteiger partial charge >= 0.3 is 0 Å². The van der Waals surface area contributed by atoms with Gasteiger partial charge in [-0.1, -0.05) is 12.1 Å². The standard InChI is InChI=1S/C23H36N2O3/c1-19(2)25-15-20(16-25)17-28-22-5-3-21(4-6-22)23(7-11-26-12-8-23)18-24-9-13-27-14-10-24/h3-6,19-20H,7-18H2,1-2H3. The van der Waals surface area contributed by atoms with Crippen LogP contribution >= 0.6 is 0 Å². The largest absolute Gasteiger partial charge is 0.493 e. The summed E-state index contributed by atoms with van der Waals surface area (Å²) < 4.78 is 17.3. The summed E-state index contributed by atoms with van der Waals surface area (Å²) in [5, 5.41) is 0. The first-order valence-electron chi connectivity index (χ1n) is 11.0. The average molecular weight is 389 g/mol. The second kappa shape index (κ2) is 9.12. The molecule has 5 heteroatoms. The molecule has 0 aromatic heterocycles. The second-order valence-corrected chi connectivity index (χ2v) is 9.03. The number of likely N-dealkylation sites (tertiary alicyclic amines) is 1. The Morgan fingerprint density at radius 1 is 1.00 bits per heavy atom. The minimum Gasteiger partial charge on any atom is -0.493 e. The highest BCUT2D eigenvalue weighted by Crippen LogP contribution is 2.37. The lowest BCUT2D eigenvalue weighted by atomic mass is 9.73. The van der Waals surface area contributed by atoms with Gasteiger partial charge in [-0.15, -0.1) is 0 Å². The molecule has 3 aliphatic heterocycles. The lowest BCUT2D eigenvalue weighted by molar-refractivity contribution is -0.00120. The Labute approximate surface area is 169 Å². The van der Waals surface area contributed by atoms with Crippen molar-refractivity contribution in [1.29, 1.82) is 0 Å². The van der Waals surface area contributed by atoms with E-state index in [4.69, 9.17) is 14.2 Å². The van der Waals surface area contributed by atoms with E-state index in [1.807, 2.05) is 0 Å². The Bertz CT molecular complexity index is 601. The topological polar surface area (TPSA) is 34.2 Å². The smallest absolute Gasteiger partial charge is 0.119 e. The van der Waals surface area contributed by atoms with Crippen LogP contribution in [0.25, 0.3) is 0 Å². The summed E-state index contributed by atoms with van der Waals surface area (Å²) in [4.78, 5) is 5.06. The maximum absolute atomic E-state index is 6.08. The first-order valence-corrected chi connectivity index (χ1v) is 11.0. The molecule has 3 heterocycles. The van der Waals surface area contributed by atoms with Gasteiger partial charge in [-0.3, -0.25) is 4.90 Å². The van der Waals surface area contributed by atoms with Crippen molar-refractivity contribution in [2.45, 2.75) is 38.1 Å². The van der Waals surface area contributed by atoms with E-state index in [-0.39, 0.29) is 5.41 Å². The zero-order valence-electron chi connectivity index (χ0n) is 17.6. The van der Waals surface area contributed by atoms with E-state index in [0.29, 0.717) is 12.0 Å². The summed E-state index contributed by atoms with van der Waals surface area (Å²) in [5.41, 5.74) is 1.63. The van der Waals surface area contributed by atoms with Crippen LogP contribution in [0.15, 0.2) is 24.3 Å². The molecule has 0 unspecified atom stereocenters. The molecule has 4 rings (SSSR count). The fraction of sp³-hybridized carbons (Fsp3) is 0.739. The van der Waals surface area contributed by atoms with Gasteiger partial charge in [0.25, 0.3) is 0 Å². The maximum Gasteiger partial charge on any atom is 0.119 e. The van der Waals surface area contributed by atoms with Crippen LogP contribution < -0.4 is 4.74 Å². The molecule has 0 spiro atoms. The second-order valence-electron chi connectivity index (χ2n) is 9.03. The number of ether oxygens (including phenoxy) is 3. The predicted molar refractivity (Wildman–Crippen MR) is 111 cm³/mol. The highest BCUT2D eigenvalue weighted by Gasteiger charge is 2.36. The summed E-state index contributed by atoms with van der Waals surface area (Å²) in [6, 6.07) is 9.58. The van der Waals surface area contributed by atoms with Crippen molar-refractivity contribution in [3.05, 3.63) is 29.8 Å². The molecule has 1 aromatic carbocycles. The third-order valence-corrected chi connectivity index (χ3v) is 6.75. The van der Waals surface area contributed by atoms with Crippen molar-refractivity contribution in [2.24, 2.45) is 5.92 Å². The van der Waals surface area contributed by atoms with Gasteiger partial charge < -0.3 is 19.1 Å². The van der Waals surface area contributed by atoms with Crippen LogP contribution in [0.4, 0.5) is 0 Å². The summed E-state index contributed by atoms with van der Waals surface area (Å²) in [6.07, 6.45) is 2.19. The van der Waals surface area contributed by atoms with E-state index in [0.717, 1.165) is 71.3 Å². The highest BCUT2D eigenvalue weighted by atomic mass is 16.5. The van der Waals surface area contributed by atoms with Crippen LogP contribution in [0.1, 0.15) is 32.3 Å². The lowest BCUT2D eigenvalue weighted by Crippen LogP contribution is -2.52. The Morgan fingerprint density at radius 3 is 2.29 bits per heavy atom. The summed E-state index contributed by atoms with van der Waals surface area (Å²) in [5.74, 6) is 1.67. The molecule has 5 nitrogen and oxygen atoms in total. The van der Waals surface area contributed by atoms with Crippen molar-refractivity contribution in [2.75, 3.05) is 65.8 Å². The van der Waals surface area contributed by atoms with Crippen LogP contribution in [-0.2, 0) is 14.9 Å². The molecule has 0 aliphatic carbocycles. The molecule has 28 heavy (non-hydrogen) atoms. The minimum atomic E-state index is 0.194. The van der Waals surface area contributed by atoms with E-state index in [1.165, 1.54) is 18.7 Å². The van der Waals surface area contributed by atoms with Crippen LogP contribution in [0.2, 0.25) is 0 Å². The summed E-state index contributed by atoms with van der Waals surface area (Å²) >= 11 is 0. The van der Waals surface area contributed by atoms with Gasteiger partial charge in [-0.2, -0.15) is 0 Å². The van der Waals surface area contributed by atoms with Crippen LogP contribution in [0.3, 0.4) is 0 Å². The quantitative estimate of drug-likeness (QED) is 0.718. The van der Waals surface area contributed by atoms with Crippen molar-refractivity contribution >= 4 is 0 Å². The molecule has 3 aliphatic rings. The van der Waals surface area contributed by atoms with Gasteiger partial charge in [0.2, 0.25) is 0 Å². The molecule has 0 N–H and O–H groups in total. The third kappa shape index (κ3) is 4.70. The van der Waals surface area contributed by atoms with Crippen molar-refractivity contribution in [1.82, 2.24) is 9.80 Å². The first-order chi connectivity index (χ1) is 13.6. The first kappa shape index (κ1) is 20.1. The molecule has 0 saturated carbocycles. The van der Waals surface area contributed by atoms with Gasteiger partial charge in [-0.05, 0) is 44.4 Å². The van der Waals surface area contributed by atoms with Gasteiger partial charge in [0.1, 0.15) is 5.75 Å². The van der Waals surface area contributed by atoms with Gasteiger partial charge in [0.05, 0.1) is 19.8 Å². The number of hydrogen-bond donors (Lipinski definition) is 0. The highest BCUT2D eigenvalue weighted by molar-refractivity contribution is 5.33. The molecule has 1 aromatic rings. The predicted octanol–water partition coefficient (Wildman–Crippen LogP) is 2.79. The molecule has 3 fully saturated rings. The van der Waals surface area contributed by atoms with E-state index in [2.05, 4.69) is 47.9 Å². The van der Waals surface area contributed by atoms with Crippen LogP contribution in [0.5, 0.6) is 5.75 Å². The van der Waals surface area contributed by atoms with E-state index >= 15 is 0 Å². The fourth-order valence-electron chi connectivity index (χ4n) is 4.74. The molecule has 0 bridgehead atoms. The summed E-state index contributed by atoms with van der Waals surface area (Å²) in [7, 11) is 0. The molecular weight excluding hydrogens is 352 g/mol. The average Bonchev–Trinajstić information content (AvgIpc) is 2.68. The number of nitrogens with zero attached hydrogens (tertiary/aromatic N) is 2. The maximum atomic E-state index is 6.08. The molecule has 0 amide bonds. The van der Waals surface area contributed by atoms with Crippen molar-refractivity contribution in [3.8, 4) is 5.75 Å². The Kier molecular flexibility index (Phi) is 6.56. The normalized spacial score (nSPS) is 24.2. The number of hydrogen-bond acceptors (Lipinski definition) is 5.